The number of aromatic nitrogens is 2. The summed E-state index contributed by atoms with van der Waals surface area (Å²) in [6, 6.07) is 10.2. The molecular weight excluding hydrogens is 230 g/mol. The Morgan fingerprint density at radius 2 is 2.06 bits per heavy atom. The summed E-state index contributed by atoms with van der Waals surface area (Å²) in [6.07, 6.45) is 3.43. The van der Waals surface area contributed by atoms with E-state index in [-0.39, 0.29) is 0 Å². The molecule has 0 aliphatic rings. The second-order valence-corrected chi connectivity index (χ2v) is 4.89. The SMILES string of the molecule is CCCCc1nn(-c2ccccc2)c(=NC)s1. The van der Waals surface area contributed by atoms with Crippen LogP contribution >= 0.6 is 11.3 Å². The second kappa shape index (κ2) is 5.77. The van der Waals surface area contributed by atoms with Crippen LogP contribution in [-0.4, -0.2) is 16.8 Å². The molecule has 17 heavy (non-hydrogen) atoms. The fourth-order valence-electron chi connectivity index (χ4n) is 1.63. The molecule has 90 valence electrons. The number of nitrogens with zero attached hydrogens (tertiary/aromatic N) is 3. The molecule has 0 saturated heterocycles. The van der Waals surface area contributed by atoms with Crippen molar-refractivity contribution in [2.75, 3.05) is 7.05 Å². The Kier molecular flexibility index (Phi) is 4.09. The van der Waals surface area contributed by atoms with Crippen molar-refractivity contribution in [2.45, 2.75) is 26.2 Å². The van der Waals surface area contributed by atoms with Crippen molar-refractivity contribution in [1.29, 1.82) is 0 Å². The molecule has 1 aromatic carbocycles. The Morgan fingerprint density at radius 1 is 1.29 bits per heavy atom. The first kappa shape index (κ1) is 12.0. The molecule has 0 amide bonds. The Hall–Kier alpha value is -1.42. The van der Waals surface area contributed by atoms with Gasteiger partial charge >= 0.3 is 0 Å². The minimum atomic E-state index is 0.960. The van der Waals surface area contributed by atoms with E-state index in [2.05, 4.69) is 29.1 Å². The summed E-state index contributed by atoms with van der Waals surface area (Å²) >= 11 is 1.68. The Balaban J connectivity index is 2.37. The molecule has 1 aromatic heterocycles. The van der Waals surface area contributed by atoms with Crippen LogP contribution in [0, 0.1) is 0 Å². The lowest BCUT2D eigenvalue weighted by Crippen LogP contribution is -2.13. The van der Waals surface area contributed by atoms with E-state index in [1.807, 2.05) is 29.9 Å². The van der Waals surface area contributed by atoms with Gasteiger partial charge in [0.25, 0.3) is 0 Å². The number of rotatable bonds is 4. The third-order valence-corrected chi connectivity index (χ3v) is 3.60. The van der Waals surface area contributed by atoms with Crippen LogP contribution in [0.4, 0.5) is 0 Å². The van der Waals surface area contributed by atoms with Crippen LogP contribution in [-0.2, 0) is 6.42 Å². The molecule has 2 aromatic rings. The predicted octanol–water partition coefficient (Wildman–Crippen LogP) is 2.81. The van der Waals surface area contributed by atoms with Gasteiger partial charge in [0.15, 0.2) is 0 Å². The minimum absolute atomic E-state index is 0.960. The molecule has 0 atom stereocenters. The zero-order chi connectivity index (χ0) is 12.1. The molecule has 0 aliphatic carbocycles. The van der Waals surface area contributed by atoms with Crippen molar-refractivity contribution >= 4 is 11.3 Å². The zero-order valence-corrected chi connectivity index (χ0v) is 11.1. The average molecular weight is 247 g/mol. The van der Waals surface area contributed by atoms with Gasteiger partial charge in [-0.1, -0.05) is 42.9 Å². The highest BCUT2D eigenvalue weighted by molar-refractivity contribution is 7.08. The summed E-state index contributed by atoms with van der Waals surface area (Å²) < 4.78 is 1.93. The normalized spacial score (nSPS) is 12.0. The van der Waals surface area contributed by atoms with Gasteiger partial charge in [0.1, 0.15) is 5.01 Å². The maximum absolute atomic E-state index is 4.63. The van der Waals surface area contributed by atoms with Crippen molar-refractivity contribution < 1.29 is 0 Å². The van der Waals surface area contributed by atoms with E-state index in [9.17, 15) is 0 Å². The van der Waals surface area contributed by atoms with Gasteiger partial charge in [-0.3, -0.25) is 4.99 Å². The molecule has 0 N–H and O–H groups in total. The van der Waals surface area contributed by atoms with Crippen LogP contribution < -0.4 is 4.80 Å². The maximum atomic E-state index is 4.63. The van der Waals surface area contributed by atoms with Crippen LogP contribution in [0.2, 0.25) is 0 Å². The number of hydrogen-bond acceptors (Lipinski definition) is 3. The van der Waals surface area contributed by atoms with Gasteiger partial charge in [0, 0.05) is 13.5 Å². The highest BCUT2D eigenvalue weighted by Crippen LogP contribution is 2.09. The van der Waals surface area contributed by atoms with Crippen LogP contribution in [0.3, 0.4) is 0 Å². The van der Waals surface area contributed by atoms with Gasteiger partial charge in [-0.05, 0) is 18.6 Å². The van der Waals surface area contributed by atoms with Gasteiger partial charge in [0.05, 0.1) is 5.69 Å². The van der Waals surface area contributed by atoms with E-state index in [1.165, 1.54) is 12.8 Å². The summed E-state index contributed by atoms with van der Waals surface area (Å²) in [5.41, 5.74) is 1.08. The fourth-order valence-corrected chi connectivity index (χ4v) is 2.53. The molecular formula is C13H17N3S. The fraction of sp³-hybridized carbons (Fsp3) is 0.385. The van der Waals surface area contributed by atoms with Gasteiger partial charge < -0.3 is 0 Å². The lowest BCUT2D eigenvalue weighted by Gasteiger charge is -1.99. The molecule has 0 saturated carbocycles. The smallest absolute Gasteiger partial charge is 0.207 e. The first-order valence-corrected chi connectivity index (χ1v) is 6.74. The number of unbranched alkanes of at least 4 members (excludes halogenated alkanes) is 1. The number of para-hydroxylation sites is 1. The van der Waals surface area contributed by atoms with E-state index in [0.717, 1.165) is 21.9 Å². The van der Waals surface area contributed by atoms with Crippen molar-refractivity contribution in [3.05, 3.63) is 40.1 Å². The summed E-state index contributed by atoms with van der Waals surface area (Å²) in [6.45, 7) is 2.20. The van der Waals surface area contributed by atoms with Gasteiger partial charge in [-0.2, -0.15) is 5.10 Å². The van der Waals surface area contributed by atoms with E-state index >= 15 is 0 Å². The quantitative estimate of drug-likeness (QED) is 0.817. The first-order valence-electron chi connectivity index (χ1n) is 5.92. The van der Waals surface area contributed by atoms with Crippen molar-refractivity contribution in [3.8, 4) is 5.69 Å². The van der Waals surface area contributed by atoms with Gasteiger partial charge in [-0.25, -0.2) is 4.68 Å². The first-order chi connectivity index (χ1) is 8.35. The summed E-state index contributed by atoms with van der Waals surface area (Å²) in [7, 11) is 1.82. The molecule has 0 spiro atoms. The van der Waals surface area contributed by atoms with Crippen LogP contribution in [0.15, 0.2) is 35.3 Å². The van der Waals surface area contributed by atoms with Gasteiger partial charge in [-0.15, -0.1) is 0 Å². The van der Waals surface area contributed by atoms with Crippen LogP contribution in [0.25, 0.3) is 5.69 Å². The number of hydrogen-bond donors (Lipinski definition) is 0. The van der Waals surface area contributed by atoms with Crippen LogP contribution in [0.1, 0.15) is 24.8 Å². The van der Waals surface area contributed by atoms with Gasteiger partial charge in [0.2, 0.25) is 4.80 Å². The van der Waals surface area contributed by atoms with E-state index in [4.69, 9.17) is 0 Å². The average Bonchev–Trinajstić information content (AvgIpc) is 2.80. The van der Waals surface area contributed by atoms with Crippen LogP contribution in [0.5, 0.6) is 0 Å². The Bertz CT molecular complexity index is 525. The third-order valence-electron chi connectivity index (χ3n) is 2.54. The molecule has 3 nitrogen and oxygen atoms in total. The molecule has 0 fully saturated rings. The van der Waals surface area contributed by atoms with E-state index in [0.29, 0.717) is 0 Å². The molecule has 1 heterocycles. The molecule has 0 aliphatic heterocycles. The minimum Gasteiger partial charge on any atom is -0.261 e. The van der Waals surface area contributed by atoms with Crippen molar-refractivity contribution in [3.63, 3.8) is 0 Å². The molecule has 0 radical (unpaired) electrons. The van der Waals surface area contributed by atoms with Crippen molar-refractivity contribution in [2.24, 2.45) is 4.99 Å². The van der Waals surface area contributed by atoms with E-state index in [1.54, 1.807) is 11.3 Å². The second-order valence-electron chi connectivity index (χ2n) is 3.85. The summed E-state index contributed by atoms with van der Waals surface area (Å²) in [4.78, 5) is 5.26. The third kappa shape index (κ3) is 2.82. The zero-order valence-electron chi connectivity index (χ0n) is 10.3. The molecule has 2 rings (SSSR count). The number of aryl methyl sites for hydroxylation is 1. The highest BCUT2D eigenvalue weighted by atomic mass is 32.1. The molecule has 0 unspecified atom stereocenters. The lowest BCUT2D eigenvalue weighted by atomic mass is 10.3. The number of benzene rings is 1. The monoisotopic (exact) mass is 247 g/mol. The summed E-state index contributed by atoms with van der Waals surface area (Å²) in [5.74, 6) is 0. The predicted molar refractivity (Wildman–Crippen MR) is 71.5 cm³/mol. The Morgan fingerprint density at radius 3 is 2.71 bits per heavy atom. The largest absolute Gasteiger partial charge is 0.261 e. The summed E-state index contributed by atoms with van der Waals surface area (Å²) in [5, 5.41) is 5.79. The maximum Gasteiger partial charge on any atom is 0.207 e. The van der Waals surface area contributed by atoms with Crippen molar-refractivity contribution in [1.82, 2.24) is 9.78 Å². The standard InChI is InChI=1S/C13H17N3S/c1-3-4-10-12-15-16(13(14-2)17-12)11-8-6-5-7-9-11/h5-9H,3-4,10H2,1-2H3. The lowest BCUT2D eigenvalue weighted by molar-refractivity contribution is 0.746. The Labute approximate surface area is 105 Å². The molecule has 4 heteroatoms. The van der Waals surface area contributed by atoms with E-state index < -0.39 is 0 Å². The topological polar surface area (TPSA) is 30.2 Å². The highest BCUT2D eigenvalue weighted by Gasteiger charge is 2.05. The molecule has 0 bridgehead atoms.